The van der Waals surface area contributed by atoms with Crippen molar-refractivity contribution in [2.75, 3.05) is 18.5 Å². The molecular weight excluding hydrogens is 334 g/mol. The molecule has 0 amide bonds. The van der Waals surface area contributed by atoms with Gasteiger partial charge in [-0.05, 0) is 60.4 Å². The molecule has 6 heteroatoms. The Morgan fingerprint density at radius 3 is 2.81 bits per heavy atom. The smallest absolute Gasteiger partial charge is 0.283 e. The Balaban J connectivity index is 1.69. The van der Waals surface area contributed by atoms with E-state index in [-0.39, 0.29) is 5.56 Å². The fraction of sp³-hybridized carbons (Fsp3) is 0.733. The van der Waals surface area contributed by atoms with Crippen LogP contribution in [0.3, 0.4) is 0 Å². The van der Waals surface area contributed by atoms with Crippen molar-refractivity contribution in [3.63, 3.8) is 0 Å². The molecule has 1 aliphatic carbocycles. The average molecular weight is 356 g/mol. The van der Waals surface area contributed by atoms with Gasteiger partial charge < -0.3 is 10.1 Å². The van der Waals surface area contributed by atoms with Gasteiger partial charge >= 0.3 is 0 Å². The molecule has 2 aliphatic rings. The molecule has 1 aliphatic heterocycles. The summed E-state index contributed by atoms with van der Waals surface area (Å²) in [4.78, 5) is 12.3. The van der Waals surface area contributed by atoms with E-state index in [1.165, 1.54) is 12.8 Å². The third-order valence-electron chi connectivity index (χ3n) is 4.47. The first kappa shape index (κ1) is 15.0. The maximum Gasteiger partial charge on any atom is 0.283 e. The standard InChI is InChI=1S/C15H22BrN3O2/c1-10(12-4-6-21-7-5-12)18-13-8-17-19(9-11-2-3-11)15(20)14(13)16/h8,10-12,18H,2-7,9H2,1H3. The second-order valence-corrected chi connectivity index (χ2v) is 6.98. The molecule has 0 spiro atoms. The van der Waals surface area contributed by atoms with E-state index in [1.807, 2.05) is 0 Å². The number of nitrogens with zero attached hydrogens (tertiary/aromatic N) is 2. The molecule has 2 heterocycles. The van der Waals surface area contributed by atoms with Crippen LogP contribution in [0.5, 0.6) is 0 Å². The molecule has 0 aromatic carbocycles. The van der Waals surface area contributed by atoms with Gasteiger partial charge in [-0.1, -0.05) is 0 Å². The minimum absolute atomic E-state index is 0.0360. The van der Waals surface area contributed by atoms with Crippen LogP contribution in [0.2, 0.25) is 0 Å². The molecule has 5 nitrogen and oxygen atoms in total. The molecule has 2 fully saturated rings. The van der Waals surface area contributed by atoms with Gasteiger partial charge in [0.1, 0.15) is 4.47 Å². The zero-order chi connectivity index (χ0) is 14.8. The van der Waals surface area contributed by atoms with Gasteiger partial charge in [-0.15, -0.1) is 0 Å². The van der Waals surface area contributed by atoms with E-state index in [4.69, 9.17) is 4.74 Å². The number of aromatic nitrogens is 2. The maximum absolute atomic E-state index is 12.3. The lowest BCUT2D eigenvalue weighted by atomic mass is 9.93. The summed E-state index contributed by atoms with van der Waals surface area (Å²) >= 11 is 3.43. The Morgan fingerprint density at radius 2 is 2.14 bits per heavy atom. The van der Waals surface area contributed by atoms with E-state index in [2.05, 4.69) is 33.3 Å². The Kier molecular flexibility index (Phi) is 4.64. The highest BCUT2D eigenvalue weighted by molar-refractivity contribution is 9.10. The molecule has 0 bridgehead atoms. The average Bonchev–Trinajstić information content (AvgIpc) is 3.32. The summed E-state index contributed by atoms with van der Waals surface area (Å²) in [5.41, 5.74) is 0.761. The van der Waals surface area contributed by atoms with Crippen molar-refractivity contribution in [1.29, 1.82) is 0 Å². The van der Waals surface area contributed by atoms with Crippen molar-refractivity contribution in [3.05, 3.63) is 21.0 Å². The fourth-order valence-electron chi connectivity index (χ4n) is 2.82. The molecule has 0 radical (unpaired) electrons. The molecule has 1 saturated carbocycles. The van der Waals surface area contributed by atoms with Crippen LogP contribution in [0.4, 0.5) is 5.69 Å². The van der Waals surface area contributed by atoms with E-state index >= 15 is 0 Å². The normalized spacial score (nSPS) is 21.2. The number of rotatable bonds is 5. The first-order valence-electron chi connectivity index (χ1n) is 7.75. The van der Waals surface area contributed by atoms with Crippen molar-refractivity contribution in [2.45, 2.75) is 45.2 Å². The Bertz CT molecular complexity index is 550. The predicted octanol–water partition coefficient (Wildman–Crippen LogP) is 2.64. The second kappa shape index (κ2) is 6.48. The van der Waals surface area contributed by atoms with Crippen molar-refractivity contribution >= 4 is 21.6 Å². The fourth-order valence-corrected chi connectivity index (χ4v) is 3.24. The third kappa shape index (κ3) is 3.66. The summed E-state index contributed by atoms with van der Waals surface area (Å²) in [6.07, 6.45) is 6.33. The summed E-state index contributed by atoms with van der Waals surface area (Å²) in [5, 5.41) is 7.74. The summed E-state index contributed by atoms with van der Waals surface area (Å²) in [6.45, 7) is 4.57. The largest absolute Gasteiger partial charge is 0.381 e. The number of ether oxygens (including phenoxy) is 1. The molecule has 116 valence electrons. The predicted molar refractivity (Wildman–Crippen MR) is 85.5 cm³/mol. The lowest BCUT2D eigenvalue weighted by molar-refractivity contribution is 0.0622. The molecule has 21 heavy (non-hydrogen) atoms. The second-order valence-electron chi connectivity index (χ2n) is 6.19. The number of anilines is 1. The van der Waals surface area contributed by atoms with Crippen molar-refractivity contribution in [1.82, 2.24) is 9.78 Å². The minimum atomic E-state index is -0.0360. The first-order chi connectivity index (χ1) is 10.1. The van der Waals surface area contributed by atoms with Gasteiger partial charge in [-0.3, -0.25) is 4.79 Å². The van der Waals surface area contributed by atoms with Crippen LogP contribution in [0.1, 0.15) is 32.6 Å². The van der Waals surface area contributed by atoms with E-state index in [0.717, 1.165) is 38.3 Å². The number of hydrogen-bond donors (Lipinski definition) is 1. The van der Waals surface area contributed by atoms with Crippen LogP contribution >= 0.6 is 15.9 Å². The SMILES string of the molecule is CC(Nc1cnn(CC2CC2)c(=O)c1Br)C1CCOCC1. The number of halogens is 1. The highest BCUT2D eigenvalue weighted by atomic mass is 79.9. The molecule has 1 aromatic rings. The van der Waals surface area contributed by atoms with E-state index in [1.54, 1.807) is 10.9 Å². The Hall–Kier alpha value is -0.880. The molecule has 1 N–H and O–H groups in total. The van der Waals surface area contributed by atoms with Crippen LogP contribution in [-0.2, 0) is 11.3 Å². The van der Waals surface area contributed by atoms with Crippen LogP contribution in [-0.4, -0.2) is 29.0 Å². The molecule has 1 aromatic heterocycles. The third-order valence-corrected chi connectivity index (χ3v) is 5.24. The van der Waals surface area contributed by atoms with Crippen molar-refractivity contribution in [3.8, 4) is 0 Å². The Labute approximate surface area is 133 Å². The van der Waals surface area contributed by atoms with Crippen LogP contribution in [0.25, 0.3) is 0 Å². The summed E-state index contributed by atoms with van der Waals surface area (Å²) in [7, 11) is 0. The topological polar surface area (TPSA) is 56.2 Å². The number of nitrogens with one attached hydrogen (secondary N) is 1. The van der Waals surface area contributed by atoms with Gasteiger partial charge in [-0.2, -0.15) is 5.10 Å². The molecule has 1 saturated heterocycles. The van der Waals surface area contributed by atoms with Gasteiger partial charge in [-0.25, -0.2) is 4.68 Å². The van der Waals surface area contributed by atoms with Gasteiger partial charge in [0.05, 0.1) is 11.9 Å². The summed E-state index contributed by atoms with van der Waals surface area (Å²) in [5.74, 6) is 1.22. The highest BCUT2D eigenvalue weighted by Gasteiger charge is 2.24. The van der Waals surface area contributed by atoms with Crippen LogP contribution < -0.4 is 10.9 Å². The van der Waals surface area contributed by atoms with Crippen molar-refractivity contribution < 1.29 is 4.74 Å². The van der Waals surface area contributed by atoms with Gasteiger partial charge in [0.25, 0.3) is 5.56 Å². The monoisotopic (exact) mass is 355 g/mol. The van der Waals surface area contributed by atoms with E-state index < -0.39 is 0 Å². The minimum Gasteiger partial charge on any atom is -0.381 e. The summed E-state index contributed by atoms with van der Waals surface area (Å²) < 4.78 is 7.57. The zero-order valence-electron chi connectivity index (χ0n) is 12.3. The van der Waals surface area contributed by atoms with Crippen molar-refractivity contribution in [2.24, 2.45) is 11.8 Å². The quantitative estimate of drug-likeness (QED) is 0.881. The van der Waals surface area contributed by atoms with Gasteiger partial charge in [0.2, 0.25) is 0 Å². The van der Waals surface area contributed by atoms with Crippen LogP contribution in [0, 0.1) is 11.8 Å². The molecule has 1 atom stereocenters. The molecule has 3 rings (SSSR count). The lowest BCUT2D eigenvalue weighted by Gasteiger charge is -2.29. The van der Waals surface area contributed by atoms with Crippen LogP contribution in [0.15, 0.2) is 15.5 Å². The highest BCUT2D eigenvalue weighted by Crippen LogP contribution is 2.30. The maximum atomic E-state index is 12.3. The summed E-state index contributed by atoms with van der Waals surface area (Å²) in [6, 6.07) is 0.311. The zero-order valence-corrected chi connectivity index (χ0v) is 13.9. The van der Waals surface area contributed by atoms with E-state index in [0.29, 0.717) is 22.4 Å². The van der Waals surface area contributed by atoms with Gasteiger partial charge in [0, 0.05) is 25.8 Å². The molecular formula is C15H22BrN3O2. The first-order valence-corrected chi connectivity index (χ1v) is 8.54. The van der Waals surface area contributed by atoms with E-state index in [9.17, 15) is 4.79 Å². The Morgan fingerprint density at radius 1 is 1.43 bits per heavy atom. The van der Waals surface area contributed by atoms with Gasteiger partial charge in [0.15, 0.2) is 0 Å². The molecule has 1 unspecified atom stereocenters. The number of hydrogen-bond acceptors (Lipinski definition) is 4. The lowest BCUT2D eigenvalue weighted by Crippen LogP contribution is -2.32.